The van der Waals surface area contributed by atoms with Gasteiger partial charge in [-0.2, -0.15) is 0 Å². The highest BCUT2D eigenvalue weighted by Gasteiger charge is 2.43. The number of hydrogen-bond acceptors (Lipinski definition) is 2. The second-order valence-corrected chi connectivity index (χ2v) is 9.10. The average molecular weight is 398 g/mol. The molecule has 3 aliphatic carbocycles. The van der Waals surface area contributed by atoms with Crippen LogP contribution in [-0.2, 0) is 9.59 Å². The maximum absolute atomic E-state index is 12.4. The number of aliphatic carboxylic acids is 1. The Bertz CT molecular complexity index is 695. The molecular formula is C25H35NO3. The van der Waals surface area contributed by atoms with E-state index in [1.807, 2.05) is 0 Å². The molecule has 0 aromatic carbocycles. The summed E-state index contributed by atoms with van der Waals surface area (Å²) < 4.78 is 0. The zero-order valence-electron chi connectivity index (χ0n) is 17.7. The van der Waals surface area contributed by atoms with Crippen molar-refractivity contribution in [2.24, 2.45) is 35.5 Å². The molecule has 29 heavy (non-hydrogen) atoms. The number of amides is 1. The molecule has 0 spiro atoms. The van der Waals surface area contributed by atoms with Crippen molar-refractivity contribution < 1.29 is 14.7 Å². The third-order valence-electron chi connectivity index (χ3n) is 7.04. The Morgan fingerprint density at radius 3 is 1.59 bits per heavy atom. The van der Waals surface area contributed by atoms with Gasteiger partial charge in [-0.15, -0.1) is 0 Å². The Hall–Kier alpha value is -1.94. The van der Waals surface area contributed by atoms with Gasteiger partial charge in [-0.05, 0) is 38.5 Å². The van der Waals surface area contributed by atoms with Crippen LogP contribution in [0.4, 0.5) is 0 Å². The second-order valence-electron chi connectivity index (χ2n) is 9.10. The highest BCUT2D eigenvalue weighted by atomic mass is 16.4. The lowest BCUT2D eigenvalue weighted by Gasteiger charge is -2.34. The minimum Gasteiger partial charge on any atom is -0.481 e. The van der Waals surface area contributed by atoms with E-state index in [4.69, 9.17) is 0 Å². The summed E-state index contributed by atoms with van der Waals surface area (Å²) in [5.41, 5.74) is 0. The minimum absolute atomic E-state index is 0.00841. The molecule has 0 aliphatic heterocycles. The van der Waals surface area contributed by atoms with Gasteiger partial charge >= 0.3 is 5.97 Å². The van der Waals surface area contributed by atoms with Crippen LogP contribution in [0.2, 0.25) is 0 Å². The van der Waals surface area contributed by atoms with Crippen molar-refractivity contribution in [3.8, 4) is 23.7 Å². The van der Waals surface area contributed by atoms with Crippen LogP contribution >= 0.6 is 0 Å². The third kappa shape index (κ3) is 6.02. The third-order valence-corrected chi connectivity index (χ3v) is 7.04. The van der Waals surface area contributed by atoms with Gasteiger partial charge in [-0.1, -0.05) is 62.2 Å². The van der Waals surface area contributed by atoms with E-state index >= 15 is 0 Å². The van der Waals surface area contributed by atoms with Crippen LogP contribution in [0.1, 0.15) is 77.0 Å². The van der Waals surface area contributed by atoms with Crippen molar-refractivity contribution >= 4 is 11.9 Å². The Kier molecular flexibility index (Phi) is 8.05. The molecule has 1 amide bonds. The lowest BCUT2D eigenvalue weighted by Crippen LogP contribution is -2.43. The van der Waals surface area contributed by atoms with Gasteiger partial charge < -0.3 is 10.4 Å². The van der Waals surface area contributed by atoms with Gasteiger partial charge in [-0.3, -0.25) is 9.59 Å². The maximum atomic E-state index is 12.4. The van der Waals surface area contributed by atoms with Crippen molar-refractivity contribution in [1.82, 2.24) is 5.32 Å². The molecule has 3 fully saturated rings. The second kappa shape index (κ2) is 10.7. The largest absolute Gasteiger partial charge is 0.481 e. The number of rotatable bonds is 2. The fourth-order valence-electron chi connectivity index (χ4n) is 5.21. The molecule has 0 radical (unpaired) electrons. The lowest BCUT2D eigenvalue weighted by atomic mass is 9.68. The highest BCUT2D eigenvalue weighted by molar-refractivity contribution is 5.84. The molecule has 2 N–H and O–H groups in total. The number of carbonyl (C=O) groups is 2. The maximum Gasteiger partial charge on any atom is 0.307 e. The summed E-state index contributed by atoms with van der Waals surface area (Å²) in [5.74, 6) is 12.4. The molecule has 4 heteroatoms. The number of carbonyl (C=O) groups excluding carboxylic acids is 1. The smallest absolute Gasteiger partial charge is 0.307 e. The number of nitrogens with one attached hydrogen (secondary N) is 1. The molecule has 3 saturated carbocycles. The monoisotopic (exact) mass is 397 g/mol. The van der Waals surface area contributed by atoms with Gasteiger partial charge in [0.05, 0.1) is 11.8 Å². The van der Waals surface area contributed by atoms with E-state index in [-0.39, 0.29) is 17.7 Å². The topological polar surface area (TPSA) is 66.4 Å². The molecule has 0 aromatic rings. The molecule has 0 aromatic heterocycles. The molecule has 4 unspecified atom stereocenters. The molecule has 0 heterocycles. The van der Waals surface area contributed by atoms with E-state index in [0.717, 1.165) is 25.7 Å². The van der Waals surface area contributed by atoms with Crippen molar-refractivity contribution in [3.63, 3.8) is 0 Å². The predicted molar refractivity (Wildman–Crippen MR) is 114 cm³/mol. The van der Waals surface area contributed by atoms with Gasteiger partial charge in [0.15, 0.2) is 0 Å². The number of hydrogen-bond donors (Lipinski definition) is 2. The van der Waals surface area contributed by atoms with Crippen LogP contribution < -0.4 is 5.32 Å². The molecule has 158 valence electrons. The first-order valence-corrected chi connectivity index (χ1v) is 11.5. The number of carboxylic acid groups (broad SMARTS) is 1. The van der Waals surface area contributed by atoms with Gasteiger partial charge in [0.1, 0.15) is 0 Å². The zero-order chi connectivity index (χ0) is 20.6. The van der Waals surface area contributed by atoms with Crippen LogP contribution in [0.5, 0.6) is 0 Å². The van der Waals surface area contributed by atoms with Gasteiger partial charge in [-0.25, -0.2) is 0 Å². The van der Waals surface area contributed by atoms with Crippen molar-refractivity contribution in [2.75, 3.05) is 7.05 Å². The van der Waals surface area contributed by atoms with Gasteiger partial charge in [0.25, 0.3) is 0 Å². The standard InChI is InChI=1S/C25H35NO3/c1-26-24(27)22-16-20(14-12-18-8-4-2-5-9-18)21(17-23(22)25(28)29)15-13-19-10-6-3-7-11-19/h18-23H,2-11,16-17H2,1H3,(H,26,27)(H,28,29). The van der Waals surface area contributed by atoms with Crippen LogP contribution in [0.3, 0.4) is 0 Å². The number of carboxylic acids is 1. The zero-order valence-corrected chi connectivity index (χ0v) is 17.7. The summed E-state index contributed by atoms with van der Waals surface area (Å²) >= 11 is 0. The van der Waals surface area contributed by atoms with E-state index in [1.54, 1.807) is 7.05 Å². The van der Waals surface area contributed by atoms with E-state index in [2.05, 4.69) is 29.0 Å². The molecule has 3 aliphatic rings. The van der Waals surface area contributed by atoms with E-state index in [1.165, 1.54) is 38.5 Å². The molecule has 3 rings (SSSR count). The molecule has 0 saturated heterocycles. The quantitative estimate of drug-likeness (QED) is 0.685. The summed E-state index contributed by atoms with van der Waals surface area (Å²) in [6, 6.07) is 0. The molecule has 4 nitrogen and oxygen atoms in total. The van der Waals surface area contributed by atoms with Crippen molar-refractivity contribution in [2.45, 2.75) is 77.0 Å². The first-order valence-electron chi connectivity index (χ1n) is 11.5. The summed E-state index contributed by atoms with van der Waals surface area (Å²) in [7, 11) is 1.58. The van der Waals surface area contributed by atoms with E-state index < -0.39 is 17.8 Å². The Morgan fingerprint density at radius 1 is 0.724 bits per heavy atom. The Balaban J connectivity index is 1.80. The average Bonchev–Trinajstić information content (AvgIpc) is 2.76. The van der Waals surface area contributed by atoms with Gasteiger partial charge in [0.2, 0.25) is 5.91 Å². The Morgan fingerprint density at radius 2 is 1.17 bits per heavy atom. The summed E-state index contributed by atoms with van der Waals surface area (Å²) in [6.07, 6.45) is 13.1. The highest BCUT2D eigenvalue weighted by Crippen LogP contribution is 2.39. The van der Waals surface area contributed by atoms with Crippen LogP contribution in [0, 0.1) is 59.2 Å². The summed E-state index contributed by atoms with van der Waals surface area (Å²) in [6.45, 7) is 0. The molecule has 0 bridgehead atoms. The minimum atomic E-state index is -0.887. The van der Waals surface area contributed by atoms with Crippen LogP contribution in [0.15, 0.2) is 0 Å². The summed E-state index contributed by atoms with van der Waals surface area (Å²) in [4.78, 5) is 24.3. The van der Waals surface area contributed by atoms with E-state index in [0.29, 0.717) is 24.7 Å². The summed E-state index contributed by atoms with van der Waals surface area (Å²) in [5, 5.41) is 12.4. The molecular weight excluding hydrogens is 362 g/mol. The van der Waals surface area contributed by atoms with Crippen LogP contribution in [-0.4, -0.2) is 24.0 Å². The lowest BCUT2D eigenvalue weighted by molar-refractivity contribution is -0.149. The first-order chi connectivity index (χ1) is 14.1. The Labute approximate surface area is 175 Å². The van der Waals surface area contributed by atoms with E-state index in [9.17, 15) is 14.7 Å². The normalized spacial score (nSPS) is 30.9. The van der Waals surface area contributed by atoms with Crippen molar-refractivity contribution in [1.29, 1.82) is 0 Å². The first kappa shape index (κ1) is 21.8. The fourth-order valence-corrected chi connectivity index (χ4v) is 5.21. The predicted octanol–water partition coefficient (Wildman–Crippen LogP) is 4.24. The van der Waals surface area contributed by atoms with Crippen LogP contribution in [0.25, 0.3) is 0 Å². The molecule has 4 atom stereocenters. The fraction of sp³-hybridized carbons (Fsp3) is 0.760. The van der Waals surface area contributed by atoms with Gasteiger partial charge in [0, 0.05) is 30.7 Å². The SMILES string of the molecule is CNC(=O)C1CC(C#CC2CCCCC2)C(C#CC2CCCCC2)CC1C(=O)O. The van der Waals surface area contributed by atoms with Crippen molar-refractivity contribution in [3.05, 3.63) is 0 Å².